The van der Waals surface area contributed by atoms with E-state index in [2.05, 4.69) is 0 Å². The molecule has 0 bridgehead atoms. The van der Waals surface area contributed by atoms with E-state index in [4.69, 9.17) is 5.73 Å². The van der Waals surface area contributed by atoms with Gasteiger partial charge in [0.1, 0.15) is 0 Å². The Bertz CT molecular complexity index is 459. The van der Waals surface area contributed by atoms with Crippen molar-refractivity contribution >= 4 is 10.0 Å². The van der Waals surface area contributed by atoms with Crippen molar-refractivity contribution in [3.05, 3.63) is 35.9 Å². The summed E-state index contributed by atoms with van der Waals surface area (Å²) in [6.07, 6.45) is 1.82. The van der Waals surface area contributed by atoms with Gasteiger partial charge in [0.2, 0.25) is 10.0 Å². The molecule has 2 rings (SSSR count). The predicted octanol–water partition coefficient (Wildman–Crippen LogP) is 1.11. The molecular formula is C12H18N2O2S. The zero-order valence-electron chi connectivity index (χ0n) is 9.75. The molecule has 1 atom stereocenters. The van der Waals surface area contributed by atoms with Gasteiger partial charge in [0.25, 0.3) is 0 Å². The van der Waals surface area contributed by atoms with Crippen LogP contribution in [-0.2, 0) is 10.0 Å². The first-order chi connectivity index (χ1) is 8.15. The van der Waals surface area contributed by atoms with Gasteiger partial charge in [-0.25, -0.2) is 8.42 Å². The zero-order valence-corrected chi connectivity index (χ0v) is 10.6. The van der Waals surface area contributed by atoms with E-state index in [0.717, 1.165) is 18.4 Å². The summed E-state index contributed by atoms with van der Waals surface area (Å²) in [6, 6.07) is 9.80. The average Bonchev–Trinajstić information content (AvgIpc) is 2.79. The van der Waals surface area contributed by atoms with Crippen LogP contribution < -0.4 is 5.73 Å². The van der Waals surface area contributed by atoms with E-state index in [9.17, 15) is 8.42 Å². The van der Waals surface area contributed by atoms with Crippen LogP contribution in [0.4, 0.5) is 0 Å². The molecule has 0 amide bonds. The Morgan fingerprint density at radius 1 is 1.29 bits per heavy atom. The molecule has 5 heteroatoms. The molecule has 0 spiro atoms. The maximum absolute atomic E-state index is 12.1. The fourth-order valence-corrected chi connectivity index (χ4v) is 3.90. The van der Waals surface area contributed by atoms with Crippen molar-refractivity contribution in [2.24, 2.45) is 5.73 Å². The molecule has 1 aromatic rings. The van der Waals surface area contributed by atoms with E-state index >= 15 is 0 Å². The van der Waals surface area contributed by atoms with E-state index < -0.39 is 10.0 Å². The monoisotopic (exact) mass is 254 g/mol. The van der Waals surface area contributed by atoms with Gasteiger partial charge in [-0.05, 0) is 18.4 Å². The Balaban J connectivity index is 2.24. The molecule has 0 aromatic heterocycles. The van der Waals surface area contributed by atoms with Gasteiger partial charge in [-0.15, -0.1) is 0 Å². The number of nitrogens with zero attached hydrogens (tertiary/aromatic N) is 1. The molecule has 1 aromatic carbocycles. The Kier molecular flexibility index (Phi) is 3.81. The number of sulfonamides is 1. The molecule has 1 saturated heterocycles. The number of nitrogens with two attached hydrogens (primary N) is 1. The van der Waals surface area contributed by atoms with Crippen molar-refractivity contribution in [2.45, 2.75) is 18.9 Å². The van der Waals surface area contributed by atoms with Gasteiger partial charge in [0.15, 0.2) is 0 Å². The minimum atomic E-state index is -3.20. The highest BCUT2D eigenvalue weighted by atomic mass is 32.2. The maximum Gasteiger partial charge on any atom is 0.215 e. The molecule has 1 aliphatic rings. The summed E-state index contributed by atoms with van der Waals surface area (Å²) in [4.78, 5) is 0. The molecule has 0 saturated carbocycles. The molecule has 1 unspecified atom stereocenters. The number of rotatable bonds is 4. The lowest BCUT2D eigenvalue weighted by Crippen LogP contribution is -2.34. The van der Waals surface area contributed by atoms with Gasteiger partial charge in [-0.1, -0.05) is 30.3 Å². The van der Waals surface area contributed by atoms with Crippen LogP contribution in [0.1, 0.15) is 24.4 Å². The van der Waals surface area contributed by atoms with Crippen LogP contribution in [0.2, 0.25) is 0 Å². The van der Waals surface area contributed by atoms with Crippen LogP contribution in [0, 0.1) is 0 Å². The third-order valence-electron chi connectivity index (χ3n) is 3.12. The molecule has 1 fully saturated rings. The summed E-state index contributed by atoms with van der Waals surface area (Å²) in [5.41, 5.74) is 6.44. The van der Waals surface area contributed by atoms with Gasteiger partial charge >= 0.3 is 0 Å². The third kappa shape index (κ3) is 2.68. The van der Waals surface area contributed by atoms with Crippen LogP contribution in [0.25, 0.3) is 0 Å². The van der Waals surface area contributed by atoms with Crippen LogP contribution in [0.3, 0.4) is 0 Å². The molecular weight excluding hydrogens is 236 g/mol. The second kappa shape index (κ2) is 5.16. The summed E-state index contributed by atoms with van der Waals surface area (Å²) in [6.45, 7) is 0.794. The van der Waals surface area contributed by atoms with E-state index in [1.165, 1.54) is 0 Å². The quantitative estimate of drug-likeness (QED) is 0.875. The summed E-state index contributed by atoms with van der Waals surface area (Å²) in [5, 5.41) is 0. The van der Waals surface area contributed by atoms with E-state index in [-0.39, 0.29) is 18.3 Å². The lowest BCUT2D eigenvalue weighted by molar-refractivity contribution is 0.397. The van der Waals surface area contributed by atoms with Crippen molar-refractivity contribution in [1.29, 1.82) is 0 Å². The van der Waals surface area contributed by atoms with Crippen molar-refractivity contribution < 1.29 is 8.42 Å². The van der Waals surface area contributed by atoms with Crippen LogP contribution in [0.15, 0.2) is 30.3 Å². The Hall–Kier alpha value is -0.910. The van der Waals surface area contributed by atoms with Gasteiger partial charge in [0, 0.05) is 19.1 Å². The van der Waals surface area contributed by atoms with Gasteiger partial charge < -0.3 is 5.73 Å². The van der Waals surface area contributed by atoms with Crippen molar-refractivity contribution in [1.82, 2.24) is 4.31 Å². The SMILES string of the molecule is NCCS(=O)(=O)N1CCCC1c1ccccc1. The maximum atomic E-state index is 12.1. The topological polar surface area (TPSA) is 63.4 Å². The largest absolute Gasteiger partial charge is 0.329 e. The second-order valence-corrected chi connectivity index (χ2v) is 6.33. The van der Waals surface area contributed by atoms with E-state index in [0.29, 0.717) is 6.54 Å². The molecule has 0 radical (unpaired) electrons. The van der Waals surface area contributed by atoms with Crippen molar-refractivity contribution in [3.8, 4) is 0 Å². The van der Waals surface area contributed by atoms with E-state index in [1.807, 2.05) is 30.3 Å². The highest BCUT2D eigenvalue weighted by Gasteiger charge is 2.34. The van der Waals surface area contributed by atoms with Gasteiger partial charge in [0.05, 0.1) is 5.75 Å². The van der Waals surface area contributed by atoms with Crippen LogP contribution >= 0.6 is 0 Å². The molecule has 2 N–H and O–H groups in total. The Labute approximate surface area is 102 Å². The fraction of sp³-hybridized carbons (Fsp3) is 0.500. The first-order valence-corrected chi connectivity index (χ1v) is 7.50. The average molecular weight is 254 g/mol. The highest BCUT2D eigenvalue weighted by Crippen LogP contribution is 2.33. The van der Waals surface area contributed by atoms with Crippen LogP contribution in [0.5, 0.6) is 0 Å². The number of hydrogen-bond donors (Lipinski definition) is 1. The zero-order chi connectivity index (χ0) is 12.3. The van der Waals surface area contributed by atoms with Crippen molar-refractivity contribution in [2.75, 3.05) is 18.8 Å². The summed E-state index contributed by atoms with van der Waals surface area (Å²) in [7, 11) is -3.20. The van der Waals surface area contributed by atoms with Gasteiger partial charge in [-0.2, -0.15) is 4.31 Å². The fourth-order valence-electron chi connectivity index (χ4n) is 2.35. The lowest BCUT2D eigenvalue weighted by Gasteiger charge is -2.24. The first-order valence-electron chi connectivity index (χ1n) is 5.89. The standard InChI is InChI=1S/C12H18N2O2S/c13-8-10-17(15,16)14-9-4-7-12(14)11-5-2-1-3-6-11/h1-3,5-6,12H,4,7-10,13H2. The van der Waals surface area contributed by atoms with Crippen molar-refractivity contribution in [3.63, 3.8) is 0 Å². The molecule has 1 heterocycles. The predicted molar refractivity (Wildman–Crippen MR) is 68.0 cm³/mol. The summed E-state index contributed by atoms with van der Waals surface area (Å²) < 4.78 is 25.7. The first kappa shape index (κ1) is 12.5. The molecule has 0 aliphatic carbocycles. The minimum absolute atomic E-state index is 0.00671. The second-order valence-electron chi connectivity index (χ2n) is 4.28. The minimum Gasteiger partial charge on any atom is -0.329 e. The Morgan fingerprint density at radius 3 is 2.65 bits per heavy atom. The Morgan fingerprint density at radius 2 is 2.00 bits per heavy atom. The number of benzene rings is 1. The lowest BCUT2D eigenvalue weighted by atomic mass is 10.1. The molecule has 1 aliphatic heterocycles. The molecule has 4 nitrogen and oxygen atoms in total. The highest BCUT2D eigenvalue weighted by molar-refractivity contribution is 7.89. The van der Waals surface area contributed by atoms with Crippen LogP contribution in [-0.4, -0.2) is 31.6 Å². The smallest absolute Gasteiger partial charge is 0.215 e. The van der Waals surface area contributed by atoms with Gasteiger partial charge in [-0.3, -0.25) is 0 Å². The summed E-state index contributed by atoms with van der Waals surface area (Å²) in [5.74, 6) is 0.0380. The third-order valence-corrected chi connectivity index (χ3v) is 5.02. The van der Waals surface area contributed by atoms with E-state index in [1.54, 1.807) is 4.31 Å². The number of hydrogen-bond acceptors (Lipinski definition) is 3. The molecule has 17 heavy (non-hydrogen) atoms. The normalized spacial score (nSPS) is 21.8. The summed E-state index contributed by atoms with van der Waals surface area (Å²) >= 11 is 0. The molecule has 94 valence electrons.